The molecule has 0 unspecified atom stereocenters. The Labute approximate surface area is 147 Å². The molecule has 128 valence electrons. The molecule has 2 rings (SSSR count). The van der Waals surface area contributed by atoms with Gasteiger partial charge in [-0.2, -0.15) is 5.26 Å². The summed E-state index contributed by atoms with van der Waals surface area (Å²) < 4.78 is 5.51. The predicted molar refractivity (Wildman–Crippen MR) is 99.5 cm³/mol. The number of nitrogens with one attached hydrogen (secondary N) is 2. The Morgan fingerprint density at radius 3 is 2.64 bits per heavy atom. The number of ether oxygens (including phenoxy) is 1. The summed E-state index contributed by atoms with van der Waals surface area (Å²) in [5.41, 5.74) is 3.41. The van der Waals surface area contributed by atoms with Crippen LogP contribution in [0.4, 0.5) is 11.4 Å². The lowest BCUT2D eigenvalue weighted by molar-refractivity contribution is -0.112. The van der Waals surface area contributed by atoms with E-state index in [1.807, 2.05) is 69.3 Å². The monoisotopic (exact) mass is 335 g/mol. The van der Waals surface area contributed by atoms with E-state index in [4.69, 9.17) is 4.74 Å². The van der Waals surface area contributed by atoms with Gasteiger partial charge in [-0.1, -0.05) is 29.8 Å². The second kappa shape index (κ2) is 8.55. The maximum atomic E-state index is 12.3. The van der Waals surface area contributed by atoms with Gasteiger partial charge in [0.25, 0.3) is 5.91 Å². The standard InChI is InChI=1S/C20H21N3O2/c1-4-25-19-8-6-5-7-18(19)22-13-16(12-21)20(24)23-17-10-9-14(2)11-15(17)3/h5-11,13,22H,4H2,1-3H3,(H,23,24)/b16-13-. The molecule has 0 saturated carbocycles. The minimum atomic E-state index is -0.462. The van der Waals surface area contributed by atoms with E-state index in [-0.39, 0.29) is 5.57 Å². The number of hydrogen-bond acceptors (Lipinski definition) is 4. The molecule has 0 heterocycles. The summed E-state index contributed by atoms with van der Waals surface area (Å²) in [4.78, 5) is 12.3. The summed E-state index contributed by atoms with van der Waals surface area (Å²) in [6, 6.07) is 15.0. The maximum Gasteiger partial charge on any atom is 0.267 e. The Balaban J connectivity index is 2.14. The van der Waals surface area contributed by atoms with Gasteiger partial charge in [0, 0.05) is 11.9 Å². The van der Waals surface area contributed by atoms with Crippen molar-refractivity contribution in [2.75, 3.05) is 17.2 Å². The van der Waals surface area contributed by atoms with Crippen molar-refractivity contribution in [2.24, 2.45) is 0 Å². The minimum Gasteiger partial charge on any atom is -0.492 e. The molecule has 0 aliphatic rings. The smallest absolute Gasteiger partial charge is 0.267 e. The number of amides is 1. The summed E-state index contributed by atoms with van der Waals surface area (Å²) in [6.07, 6.45) is 1.39. The van der Waals surface area contributed by atoms with Crippen LogP contribution in [0, 0.1) is 25.2 Å². The first-order valence-corrected chi connectivity index (χ1v) is 8.02. The molecule has 5 heteroatoms. The molecule has 0 aliphatic heterocycles. The lowest BCUT2D eigenvalue weighted by Gasteiger charge is -2.11. The van der Waals surface area contributed by atoms with Crippen molar-refractivity contribution >= 4 is 17.3 Å². The average Bonchev–Trinajstić information content (AvgIpc) is 2.59. The molecule has 2 aromatic carbocycles. The largest absolute Gasteiger partial charge is 0.492 e. The molecule has 25 heavy (non-hydrogen) atoms. The van der Waals surface area contributed by atoms with Crippen molar-refractivity contribution in [1.82, 2.24) is 0 Å². The zero-order chi connectivity index (χ0) is 18.2. The highest BCUT2D eigenvalue weighted by Crippen LogP contribution is 2.24. The highest BCUT2D eigenvalue weighted by Gasteiger charge is 2.11. The molecule has 0 saturated heterocycles. The molecular formula is C20H21N3O2. The molecule has 0 fully saturated rings. The van der Waals surface area contributed by atoms with Gasteiger partial charge in [-0.25, -0.2) is 0 Å². The second-order valence-corrected chi connectivity index (χ2v) is 5.52. The molecule has 0 aromatic heterocycles. The number of anilines is 2. The molecule has 0 bridgehead atoms. The minimum absolute atomic E-state index is 0.0220. The number of para-hydroxylation sites is 2. The highest BCUT2D eigenvalue weighted by molar-refractivity contribution is 6.07. The fourth-order valence-electron chi connectivity index (χ4n) is 2.31. The summed E-state index contributed by atoms with van der Waals surface area (Å²) >= 11 is 0. The van der Waals surface area contributed by atoms with Gasteiger partial charge >= 0.3 is 0 Å². The van der Waals surface area contributed by atoms with Gasteiger partial charge in [0.05, 0.1) is 12.3 Å². The Morgan fingerprint density at radius 1 is 1.20 bits per heavy atom. The number of nitriles is 1. The van der Waals surface area contributed by atoms with Gasteiger partial charge in [0.1, 0.15) is 17.4 Å². The number of carbonyl (C=O) groups excluding carboxylic acids is 1. The Bertz CT molecular complexity index is 835. The van der Waals surface area contributed by atoms with E-state index in [0.717, 1.165) is 11.1 Å². The van der Waals surface area contributed by atoms with Gasteiger partial charge in [-0.15, -0.1) is 0 Å². The summed E-state index contributed by atoms with van der Waals surface area (Å²) in [6.45, 7) is 6.32. The molecule has 0 radical (unpaired) electrons. The van der Waals surface area contributed by atoms with E-state index >= 15 is 0 Å². The summed E-state index contributed by atoms with van der Waals surface area (Å²) in [5, 5.41) is 15.0. The van der Waals surface area contributed by atoms with E-state index in [0.29, 0.717) is 23.7 Å². The molecule has 2 N–H and O–H groups in total. The van der Waals surface area contributed by atoms with Crippen LogP contribution in [0.3, 0.4) is 0 Å². The lowest BCUT2D eigenvalue weighted by atomic mass is 10.1. The molecule has 5 nitrogen and oxygen atoms in total. The van der Waals surface area contributed by atoms with Crippen molar-refractivity contribution in [3.05, 3.63) is 65.4 Å². The Kier molecular flexibility index (Phi) is 6.19. The van der Waals surface area contributed by atoms with Crippen LogP contribution in [0.25, 0.3) is 0 Å². The van der Waals surface area contributed by atoms with Gasteiger partial charge in [-0.05, 0) is 44.5 Å². The Hall–Kier alpha value is -3.26. The van der Waals surface area contributed by atoms with E-state index in [1.54, 1.807) is 0 Å². The van der Waals surface area contributed by atoms with Gasteiger partial charge < -0.3 is 15.4 Å². The topological polar surface area (TPSA) is 74.1 Å². The normalized spacial score (nSPS) is 10.7. The fourth-order valence-corrected chi connectivity index (χ4v) is 2.31. The van der Waals surface area contributed by atoms with Crippen molar-refractivity contribution in [2.45, 2.75) is 20.8 Å². The third-order valence-electron chi connectivity index (χ3n) is 3.55. The third-order valence-corrected chi connectivity index (χ3v) is 3.55. The average molecular weight is 335 g/mol. The molecule has 0 spiro atoms. The van der Waals surface area contributed by atoms with Crippen LogP contribution in [0.1, 0.15) is 18.1 Å². The second-order valence-electron chi connectivity index (χ2n) is 5.52. The van der Waals surface area contributed by atoms with E-state index in [2.05, 4.69) is 10.6 Å². The molecule has 1 amide bonds. The number of benzene rings is 2. The summed E-state index contributed by atoms with van der Waals surface area (Å²) in [7, 11) is 0. The van der Waals surface area contributed by atoms with Crippen LogP contribution in [0.5, 0.6) is 5.75 Å². The van der Waals surface area contributed by atoms with E-state index in [9.17, 15) is 10.1 Å². The first-order chi connectivity index (χ1) is 12.0. The maximum absolute atomic E-state index is 12.3. The SMILES string of the molecule is CCOc1ccccc1N/C=C(/C#N)C(=O)Nc1ccc(C)cc1C. The lowest BCUT2D eigenvalue weighted by Crippen LogP contribution is -2.15. The van der Waals surface area contributed by atoms with E-state index in [1.165, 1.54) is 6.20 Å². The highest BCUT2D eigenvalue weighted by atomic mass is 16.5. The Morgan fingerprint density at radius 2 is 1.96 bits per heavy atom. The van der Waals surface area contributed by atoms with E-state index < -0.39 is 5.91 Å². The third kappa shape index (κ3) is 4.85. The van der Waals surface area contributed by atoms with Crippen LogP contribution in [0.2, 0.25) is 0 Å². The summed E-state index contributed by atoms with van der Waals surface area (Å²) in [5.74, 6) is 0.198. The van der Waals surface area contributed by atoms with Gasteiger partial charge in [0.15, 0.2) is 0 Å². The zero-order valence-corrected chi connectivity index (χ0v) is 14.6. The quantitative estimate of drug-likeness (QED) is 0.614. The number of carbonyl (C=O) groups is 1. The fraction of sp³-hybridized carbons (Fsp3) is 0.200. The molecule has 0 aliphatic carbocycles. The predicted octanol–water partition coefficient (Wildman–Crippen LogP) is 4.16. The number of aryl methyl sites for hydroxylation is 2. The zero-order valence-electron chi connectivity index (χ0n) is 14.6. The van der Waals surface area contributed by atoms with Gasteiger partial charge in [0.2, 0.25) is 0 Å². The van der Waals surface area contributed by atoms with Crippen LogP contribution in [-0.4, -0.2) is 12.5 Å². The first kappa shape index (κ1) is 18.1. The van der Waals surface area contributed by atoms with Crippen LogP contribution < -0.4 is 15.4 Å². The first-order valence-electron chi connectivity index (χ1n) is 8.02. The van der Waals surface area contributed by atoms with Crippen molar-refractivity contribution in [1.29, 1.82) is 5.26 Å². The van der Waals surface area contributed by atoms with Crippen molar-refractivity contribution < 1.29 is 9.53 Å². The van der Waals surface area contributed by atoms with Crippen molar-refractivity contribution in [3.63, 3.8) is 0 Å². The number of nitrogens with zero attached hydrogens (tertiary/aromatic N) is 1. The number of rotatable bonds is 6. The molecule has 2 aromatic rings. The van der Waals surface area contributed by atoms with Gasteiger partial charge in [-0.3, -0.25) is 4.79 Å². The molecule has 0 atom stereocenters. The van der Waals surface area contributed by atoms with Crippen LogP contribution in [0.15, 0.2) is 54.2 Å². The van der Waals surface area contributed by atoms with Crippen LogP contribution in [-0.2, 0) is 4.79 Å². The van der Waals surface area contributed by atoms with Crippen molar-refractivity contribution in [3.8, 4) is 11.8 Å². The molecular weight excluding hydrogens is 314 g/mol. The number of hydrogen-bond donors (Lipinski definition) is 2. The van der Waals surface area contributed by atoms with Crippen LogP contribution >= 0.6 is 0 Å².